The molecule has 1 aromatic carbocycles. The van der Waals surface area contributed by atoms with E-state index in [9.17, 15) is 0 Å². The predicted molar refractivity (Wildman–Crippen MR) is 89.1 cm³/mol. The van der Waals surface area contributed by atoms with Gasteiger partial charge in [-0.2, -0.15) is 0 Å². The lowest BCUT2D eigenvalue weighted by Crippen LogP contribution is -2.27. The quantitative estimate of drug-likeness (QED) is 0.769. The minimum Gasteiger partial charge on any atom is -0.327 e. The van der Waals surface area contributed by atoms with Gasteiger partial charge in [-0.3, -0.25) is 0 Å². The molecule has 21 heavy (non-hydrogen) atoms. The molecule has 1 aromatic heterocycles. The fourth-order valence-electron chi connectivity index (χ4n) is 3.24. The summed E-state index contributed by atoms with van der Waals surface area (Å²) >= 11 is 12.3. The number of hydrogen-bond acceptors (Lipinski definition) is 2. The van der Waals surface area contributed by atoms with Gasteiger partial charge in [0.2, 0.25) is 0 Å². The van der Waals surface area contributed by atoms with E-state index in [4.69, 9.17) is 23.2 Å². The highest BCUT2D eigenvalue weighted by Gasteiger charge is 2.18. The lowest BCUT2D eigenvalue weighted by atomic mass is 10.1. The number of halogens is 2. The van der Waals surface area contributed by atoms with Gasteiger partial charge in [-0.05, 0) is 44.0 Å². The third-order valence-electron chi connectivity index (χ3n) is 4.19. The SMILES string of the molecule is CC(CN1CCCC1)Cn1c(CCl)nc2c(Cl)cccc21. The first-order chi connectivity index (χ1) is 10.2. The van der Waals surface area contributed by atoms with Crippen molar-refractivity contribution in [2.24, 2.45) is 5.92 Å². The van der Waals surface area contributed by atoms with Gasteiger partial charge in [0.15, 0.2) is 0 Å². The summed E-state index contributed by atoms with van der Waals surface area (Å²) in [6, 6.07) is 5.94. The summed E-state index contributed by atoms with van der Waals surface area (Å²) in [5, 5.41) is 0.699. The topological polar surface area (TPSA) is 21.1 Å². The zero-order valence-electron chi connectivity index (χ0n) is 12.4. The molecule has 114 valence electrons. The molecular weight excluding hydrogens is 305 g/mol. The van der Waals surface area contributed by atoms with Gasteiger partial charge in [-0.25, -0.2) is 4.98 Å². The van der Waals surface area contributed by atoms with Crippen LogP contribution >= 0.6 is 23.2 Å². The molecule has 1 atom stereocenters. The van der Waals surface area contributed by atoms with Crippen molar-refractivity contribution in [3.8, 4) is 0 Å². The smallest absolute Gasteiger partial charge is 0.124 e. The molecule has 1 aliphatic heterocycles. The van der Waals surface area contributed by atoms with Gasteiger partial charge in [0.05, 0.1) is 16.4 Å². The summed E-state index contributed by atoms with van der Waals surface area (Å²) in [6.45, 7) is 6.86. The standard InChI is InChI=1S/C16H21Cl2N3/c1-12(10-20-7-2-3-8-20)11-21-14-6-4-5-13(18)16(14)19-15(21)9-17/h4-6,12H,2-3,7-11H2,1H3. The van der Waals surface area contributed by atoms with Gasteiger partial charge in [-0.1, -0.05) is 24.6 Å². The maximum Gasteiger partial charge on any atom is 0.124 e. The molecule has 1 saturated heterocycles. The minimum atomic E-state index is 0.418. The molecule has 0 saturated carbocycles. The molecule has 2 heterocycles. The Morgan fingerprint density at radius 2 is 2.00 bits per heavy atom. The van der Waals surface area contributed by atoms with Gasteiger partial charge >= 0.3 is 0 Å². The third-order valence-corrected chi connectivity index (χ3v) is 4.74. The fraction of sp³-hybridized carbons (Fsp3) is 0.562. The van der Waals surface area contributed by atoms with E-state index in [1.54, 1.807) is 0 Å². The van der Waals surface area contributed by atoms with Crippen LogP contribution in [0.3, 0.4) is 0 Å². The summed E-state index contributed by atoms with van der Waals surface area (Å²) in [5.74, 6) is 1.90. The Hall–Kier alpha value is -0.770. The Morgan fingerprint density at radius 1 is 1.24 bits per heavy atom. The average molecular weight is 326 g/mol. The molecule has 1 aliphatic rings. The largest absolute Gasteiger partial charge is 0.327 e. The first-order valence-corrected chi connectivity index (χ1v) is 8.52. The zero-order chi connectivity index (χ0) is 14.8. The number of aromatic nitrogens is 2. The lowest BCUT2D eigenvalue weighted by Gasteiger charge is -2.21. The lowest BCUT2D eigenvalue weighted by molar-refractivity contribution is 0.272. The second-order valence-electron chi connectivity index (χ2n) is 5.99. The number of likely N-dealkylation sites (tertiary alicyclic amines) is 1. The van der Waals surface area contributed by atoms with Crippen molar-refractivity contribution in [1.82, 2.24) is 14.5 Å². The van der Waals surface area contributed by atoms with Gasteiger partial charge in [0, 0.05) is 13.1 Å². The van der Waals surface area contributed by atoms with Crippen LogP contribution in [0.4, 0.5) is 0 Å². The summed E-state index contributed by atoms with van der Waals surface area (Å²) in [7, 11) is 0. The second kappa shape index (κ2) is 6.55. The number of rotatable bonds is 5. The zero-order valence-corrected chi connectivity index (χ0v) is 13.9. The van der Waals surface area contributed by atoms with Crippen LogP contribution in [0.25, 0.3) is 11.0 Å². The molecule has 0 aliphatic carbocycles. The highest BCUT2D eigenvalue weighted by atomic mass is 35.5. The van der Waals surface area contributed by atoms with E-state index in [-0.39, 0.29) is 0 Å². The first kappa shape index (κ1) is 15.1. The van der Waals surface area contributed by atoms with E-state index in [1.807, 2.05) is 12.1 Å². The van der Waals surface area contributed by atoms with Crippen molar-refractivity contribution in [2.45, 2.75) is 32.2 Å². The van der Waals surface area contributed by atoms with Gasteiger partial charge in [-0.15, -0.1) is 11.6 Å². The van der Waals surface area contributed by atoms with Crippen molar-refractivity contribution < 1.29 is 0 Å². The monoisotopic (exact) mass is 325 g/mol. The average Bonchev–Trinajstić information content (AvgIpc) is 3.08. The van der Waals surface area contributed by atoms with Crippen molar-refractivity contribution in [3.63, 3.8) is 0 Å². The number of imidazole rings is 1. The molecule has 1 unspecified atom stereocenters. The second-order valence-corrected chi connectivity index (χ2v) is 6.67. The van der Waals surface area contributed by atoms with Crippen LogP contribution in [0, 0.1) is 5.92 Å². The van der Waals surface area contributed by atoms with Crippen LogP contribution in [-0.2, 0) is 12.4 Å². The van der Waals surface area contributed by atoms with E-state index < -0.39 is 0 Å². The fourth-order valence-corrected chi connectivity index (χ4v) is 3.66. The molecule has 5 heteroatoms. The Bertz CT molecular complexity index is 617. The van der Waals surface area contributed by atoms with Gasteiger partial charge in [0.25, 0.3) is 0 Å². The van der Waals surface area contributed by atoms with Crippen LogP contribution in [0.15, 0.2) is 18.2 Å². The molecule has 3 rings (SSSR count). The molecule has 0 bridgehead atoms. The normalized spacial score (nSPS) is 17.7. The maximum atomic E-state index is 6.25. The van der Waals surface area contributed by atoms with E-state index in [0.29, 0.717) is 16.8 Å². The summed E-state index contributed by atoms with van der Waals surface area (Å²) in [4.78, 5) is 7.15. The molecule has 0 spiro atoms. The Kier molecular flexibility index (Phi) is 4.72. The molecule has 0 radical (unpaired) electrons. The van der Waals surface area contributed by atoms with Gasteiger partial charge in [0.1, 0.15) is 11.3 Å². The molecule has 0 amide bonds. The van der Waals surface area contributed by atoms with Crippen LogP contribution in [0.2, 0.25) is 5.02 Å². The van der Waals surface area contributed by atoms with Crippen molar-refractivity contribution in [1.29, 1.82) is 0 Å². The van der Waals surface area contributed by atoms with E-state index in [0.717, 1.165) is 29.9 Å². The summed E-state index contributed by atoms with van der Waals surface area (Å²) < 4.78 is 2.23. The minimum absolute atomic E-state index is 0.418. The summed E-state index contributed by atoms with van der Waals surface area (Å²) in [6.07, 6.45) is 2.67. The number of nitrogens with zero attached hydrogens (tertiary/aromatic N) is 3. The van der Waals surface area contributed by atoms with Crippen molar-refractivity contribution in [2.75, 3.05) is 19.6 Å². The van der Waals surface area contributed by atoms with Gasteiger partial charge < -0.3 is 9.47 Å². The third kappa shape index (κ3) is 3.20. The molecule has 0 N–H and O–H groups in total. The Balaban J connectivity index is 1.83. The maximum absolute atomic E-state index is 6.25. The summed E-state index contributed by atoms with van der Waals surface area (Å²) in [5.41, 5.74) is 1.95. The van der Waals surface area contributed by atoms with E-state index in [1.165, 1.54) is 25.9 Å². The van der Waals surface area contributed by atoms with Crippen LogP contribution < -0.4 is 0 Å². The van der Waals surface area contributed by atoms with Crippen LogP contribution in [0.1, 0.15) is 25.6 Å². The molecular formula is C16H21Cl2N3. The number of fused-ring (bicyclic) bond motifs is 1. The predicted octanol–water partition coefficient (Wildman–Crippen LogP) is 4.16. The van der Waals surface area contributed by atoms with Crippen molar-refractivity contribution in [3.05, 3.63) is 29.0 Å². The molecule has 1 fully saturated rings. The highest BCUT2D eigenvalue weighted by molar-refractivity contribution is 6.35. The number of alkyl halides is 1. The first-order valence-electron chi connectivity index (χ1n) is 7.61. The van der Waals surface area contributed by atoms with Crippen LogP contribution in [0.5, 0.6) is 0 Å². The highest BCUT2D eigenvalue weighted by Crippen LogP contribution is 2.25. The van der Waals surface area contributed by atoms with E-state index >= 15 is 0 Å². The molecule has 3 nitrogen and oxygen atoms in total. The Morgan fingerprint density at radius 3 is 2.71 bits per heavy atom. The Labute approximate surface area is 135 Å². The van der Waals surface area contributed by atoms with Crippen molar-refractivity contribution >= 4 is 34.2 Å². The molecule has 2 aromatic rings. The number of benzene rings is 1. The van der Waals surface area contributed by atoms with Crippen LogP contribution in [-0.4, -0.2) is 34.1 Å². The number of para-hydroxylation sites is 1. The van der Waals surface area contributed by atoms with E-state index in [2.05, 4.69) is 27.4 Å². The number of hydrogen-bond donors (Lipinski definition) is 0.